The van der Waals surface area contributed by atoms with E-state index in [1.54, 1.807) is 0 Å². The summed E-state index contributed by atoms with van der Waals surface area (Å²) in [6, 6.07) is 9.04. The summed E-state index contributed by atoms with van der Waals surface area (Å²) in [5, 5.41) is 0. The molecule has 0 spiro atoms. The third kappa shape index (κ3) is 3.76. The van der Waals surface area contributed by atoms with Crippen molar-refractivity contribution in [3.8, 4) is 0 Å². The van der Waals surface area contributed by atoms with E-state index in [2.05, 4.69) is 43.3 Å². The third-order valence-electron chi connectivity index (χ3n) is 4.02. The summed E-state index contributed by atoms with van der Waals surface area (Å²) in [7, 11) is 4.19. The first-order valence-electron chi connectivity index (χ1n) is 7.02. The highest BCUT2D eigenvalue weighted by atomic mass is 15.1. The Balaban J connectivity index is 1.82. The predicted molar refractivity (Wildman–Crippen MR) is 75.7 cm³/mol. The largest absolute Gasteiger partial charge is 0.378 e. The van der Waals surface area contributed by atoms with Crippen molar-refractivity contribution in [3.05, 3.63) is 29.8 Å². The molecular formula is C16H25N. The highest BCUT2D eigenvalue weighted by Crippen LogP contribution is 2.27. The SMILES string of the molecule is CN(C)c1ccc(CCC2CCCCC2)cc1. The first kappa shape index (κ1) is 12.5. The molecule has 0 aliphatic heterocycles. The molecule has 0 radical (unpaired) electrons. The number of hydrogen-bond donors (Lipinski definition) is 0. The van der Waals surface area contributed by atoms with Crippen molar-refractivity contribution in [2.24, 2.45) is 5.92 Å². The van der Waals surface area contributed by atoms with E-state index in [1.807, 2.05) is 0 Å². The number of rotatable bonds is 4. The Kier molecular flexibility index (Phi) is 4.47. The zero-order valence-corrected chi connectivity index (χ0v) is 11.3. The molecule has 0 bridgehead atoms. The molecule has 1 fully saturated rings. The topological polar surface area (TPSA) is 3.24 Å². The molecule has 1 saturated carbocycles. The lowest BCUT2D eigenvalue weighted by molar-refractivity contribution is 0.339. The Bertz CT molecular complexity index is 320. The molecule has 1 aromatic rings. The minimum Gasteiger partial charge on any atom is -0.378 e. The molecule has 2 rings (SSSR count). The van der Waals surface area contributed by atoms with Crippen LogP contribution in [0.5, 0.6) is 0 Å². The number of aryl methyl sites for hydroxylation is 1. The fourth-order valence-electron chi connectivity index (χ4n) is 2.81. The van der Waals surface area contributed by atoms with Crippen LogP contribution < -0.4 is 4.90 Å². The van der Waals surface area contributed by atoms with Crippen molar-refractivity contribution in [1.29, 1.82) is 0 Å². The minimum atomic E-state index is 0.997. The molecule has 1 aliphatic rings. The average Bonchev–Trinajstić information content (AvgIpc) is 2.38. The van der Waals surface area contributed by atoms with E-state index in [-0.39, 0.29) is 0 Å². The van der Waals surface area contributed by atoms with Crippen LogP contribution in [0.15, 0.2) is 24.3 Å². The summed E-state index contributed by atoms with van der Waals surface area (Å²) in [4.78, 5) is 2.16. The van der Waals surface area contributed by atoms with Crippen LogP contribution in [0.1, 0.15) is 44.1 Å². The van der Waals surface area contributed by atoms with Gasteiger partial charge < -0.3 is 4.90 Å². The molecule has 1 aliphatic carbocycles. The van der Waals surface area contributed by atoms with Gasteiger partial charge in [0.1, 0.15) is 0 Å². The predicted octanol–water partition coefficient (Wildman–Crippen LogP) is 4.27. The lowest BCUT2D eigenvalue weighted by atomic mass is 9.85. The first-order chi connectivity index (χ1) is 8.25. The van der Waals surface area contributed by atoms with Gasteiger partial charge in [0.15, 0.2) is 0 Å². The van der Waals surface area contributed by atoms with Gasteiger partial charge in [0.2, 0.25) is 0 Å². The van der Waals surface area contributed by atoms with Gasteiger partial charge in [0.25, 0.3) is 0 Å². The van der Waals surface area contributed by atoms with E-state index in [9.17, 15) is 0 Å². The molecule has 1 aromatic carbocycles. The zero-order chi connectivity index (χ0) is 12.1. The van der Waals surface area contributed by atoms with E-state index in [1.165, 1.54) is 56.2 Å². The Morgan fingerprint density at radius 1 is 1.00 bits per heavy atom. The van der Waals surface area contributed by atoms with Crippen molar-refractivity contribution in [3.63, 3.8) is 0 Å². The average molecular weight is 231 g/mol. The quantitative estimate of drug-likeness (QED) is 0.748. The molecule has 1 heteroatoms. The molecule has 0 atom stereocenters. The second-order valence-corrected chi connectivity index (χ2v) is 5.60. The fourth-order valence-corrected chi connectivity index (χ4v) is 2.81. The zero-order valence-electron chi connectivity index (χ0n) is 11.3. The second kappa shape index (κ2) is 6.09. The highest BCUT2D eigenvalue weighted by molar-refractivity contribution is 5.45. The van der Waals surface area contributed by atoms with Crippen molar-refractivity contribution in [2.75, 3.05) is 19.0 Å². The smallest absolute Gasteiger partial charge is 0.0361 e. The van der Waals surface area contributed by atoms with Gasteiger partial charge in [-0.1, -0.05) is 44.2 Å². The molecule has 0 aromatic heterocycles. The molecule has 1 nitrogen and oxygen atoms in total. The Morgan fingerprint density at radius 3 is 2.24 bits per heavy atom. The van der Waals surface area contributed by atoms with E-state index in [0.29, 0.717) is 0 Å². The molecule has 17 heavy (non-hydrogen) atoms. The van der Waals surface area contributed by atoms with E-state index >= 15 is 0 Å². The first-order valence-corrected chi connectivity index (χ1v) is 7.02. The summed E-state index contributed by atoms with van der Waals surface area (Å²) in [5.74, 6) is 0.997. The maximum absolute atomic E-state index is 2.29. The number of anilines is 1. The molecule has 0 unspecified atom stereocenters. The maximum atomic E-state index is 2.29. The van der Waals surface area contributed by atoms with Gasteiger partial charge in [-0.05, 0) is 36.5 Å². The molecule has 0 amide bonds. The van der Waals surface area contributed by atoms with Crippen molar-refractivity contribution in [2.45, 2.75) is 44.9 Å². The van der Waals surface area contributed by atoms with Crippen molar-refractivity contribution in [1.82, 2.24) is 0 Å². The number of benzene rings is 1. The van der Waals surface area contributed by atoms with Gasteiger partial charge in [-0.3, -0.25) is 0 Å². The van der Waals surface area contributed by atoms with Gasteiger partial charge in [0.05, 0.1) is 0 Å². The second-order valence-electron chi connectivity index (χ2n) is 5.60. The lowest BCUT2D eigenvalue weighted by Gasteiger charge is -2.21. The monoisotopic (exact) mass is 231 g/mol. The standard InChI is InChI=1S/C16H25N/c1-17(2)16-12-10-15(11-13-16)9-8-14-6-4-3-5-7-14/h10-14H,3-9H2,1-2H3. The Hall–Kier alpha value is -0.980. The van der Waals surface area contributed by atoms with E-state index in [4.69, 9.17) is 0 Å². The summed E-state index contributed by atoms with van der Waals surface area (Å²) in [6.45, 7) is 0. The molecule has 0 N–H and O–H groups in total. The van der Waals surface area contributed by atoms with E-state index in [0.717, 1.165) is 5.92 Å². The number of nitrogens with zero attached hydrogens (tertiary/aromatic N) is 1. The third-order valence-corrected chi connectivity index (χ3v) is 4.02. The van der Waals surface area contributed by atoms with Crippen LogP contribution in [-0.2, 0) is 6.42 Å². The van der Waals surface area contributed by atoms with Gasteiger partial charge in [0, 0.05) is 19.8 Å². The van der Waals surface area contributed by atoms with Gasteiger partial charge >= 0.3 is 0 Å². The Morgan fingerprint density at radius 2 is 1.65 bits per heavy atom. The van der Waals surface area contributed by atoms with Gasteiger partial charge in [-0.15, -0.1) is 0 Å². The summed E-state index contributed by atoms with van der Waals surface area (Å²) in [6.07, 6.45) is 9.98. The lowest BCUT2D eigenvalue weighted by Crippen LogP contribution is -2.09. The highest BCUT2D eigenvalue weighted by Gasteiger charge is 2.12. The summed E-state index contributed by atoms with van der Waals surface area (Å²) in [5.41, 5.74) is 2.80. The normalized spacial score (nSPS) is 17.1. The van der Waals surface area contributed by atoms with Crippen LogP contribution in [-0.4, -0.2) is 14.1 Å². The molecular weight excluding hydrogens is 206 g/mol. The van der Waals surface area contributed by atoms with Crippen LogP contribution >= 0.6 is 0 Å². The molecule has 0 heterocycles. The van der Waals surface area contributed by atoms with E-state index < -0.39 is 0 Å². The van der Waals surface area contributed by atoms with Crippen molar-refractivity contribution >= 4 is 5.69 Å². The molecule has 0 saturated heterocycles. The van der Waals surface area contributed by atoms with Crippen LogP contribution in [0.4, 0.5) is 5.69 Å². The maximum Gasteiger partial charge on any atom is 0.0361 e. The molecule has 94 valence electrons. The van der Waals surface area contributed by atoms with Crippen LogP contribution in [0.25, 0.3) is 0 Å². The van der Waals surface area contributed by atoms with Crippen LogP contribution in [0.2, 0.25) is 0 Å². The summed E-state index contributed by atoms with van der Waals surface area (Å²) >= 11 is 0. The van der Waals surface area contributed by atoms with Gasteiger partial charge in [-0.25, -0.2) is 0 Å². The fraction of sp³-hybridized carbons (Fsp3) is 0.625. The van der Waals surface area contributed by atoms with Crippen LogP contribution in [0, 0.1) is 5.92 Å². The minimum absolute atomic E-state index is 0.997. The Labute approximate surface area is 106 Å². The van der Waals surface area contributed by atoms with Crippen LogP contribution in [0.3, 0.4) is 0 Å². The van der Waals surface area contributed by atoms with Crippen molar-refractivity contribution < 1.29 is 0 Å². The number of hydrogen-bond acceptors (Lipinski definition) is 1. The summed E-state index contributed by atoms with van der Waals surface area (Å²) < 4.78 is 0. The van der Waals surface area contributed by atoms with Gasteiger partial charge in [-0.2, -0.15) is 0 Å².